The number of amides is 1. The second-order valence-electron chi connectivity index (χ2n) is 3.04. The number of hydrogen-bond acceptors (Lipinski definition) is 4. The van der Waals surface area contributed by atoms with Crippen LogP contribution in [0, 0.1) is 0 Å². The maximum Gasteiger partial charge on any atom is 0.310 e. The zero-order chi connectivity index (χ0) is 10.6. The first-order valence-corrected chi connectivity index (χ1v) is 4.48. The van der Waals surface area contributed by atoms with Crippen molar-refractivity contribution in [2.45, 2.75) is 25.8 Å². The summed E-state index contributed by atoms with van der Waals surface area (Å²) in [7, 11) is 0. The summed E-state index contributed by atoms with van der Waals surface area (Å²) < 4.78 is 5.15. The largest absolute Gasteiger partial charge is 0.454 e. The average Bonchev–Trinajstić information content (AvgIpc) is 2.66. The fourth-order valence-electron chi connectivity index (χ4n) is 1.18. The molecule has 0 aliphatic heterocycles. The Morgan fingerprint density at radius 3 is 3.00 bits per heavy atom. The van der Waals surface area contributed by atoms with E-state index in [1.54, 1.807) is 6.07 Å². The van der Waals surface area contributed by atoms with Crippen LogP contribution in [0.4, 0.5) is 0 Å². The minimum absolute atomic E-state index is 0.0639. The fraction of sp³-hybridized carbons (Fsp3) is 0.444. The molecule has 0 spiro atoms. The number of hydrogen-bond donors (Lipinski definition) is 3. The van der Waals surface area contributed by atoms with Crippen molar-refractivity contribution in [1.82, 2.24) is 5.48 Å². The minimum Gasteiger partial charge on any atom is -0.454 e. The highest BCUT2D eigenvalue weighted by molar-refractivity contribution is 5.90. The molecule has 4 N–H and O–H groups in total. The Hall–Kier alpha value is -1.33. The highest BCUT2D eigenvalue weighted by Crippen LogP contribution is 2.18. The Bertz CT molecular complexity index is 309. The van der Waals surface area contributed by atoms with E-state index in [4.69, 9.17) is 15.4 Å². The number of furan rings is 1. The lowest BCUT2D eigenvalue weighted by molar-refractivity contribution is 0.0673. The van der Waals surface area contributed by atoms with Crippen molar-refractivity contribution in [2.75, 3.05) is 0 Å². The number of nitrogens with two attached hydrogens (primary N) is 1. The number of rotatable bonds is 4. The molecule has 0 aliphatic carbocycles. The summed E-state index contributed by atoms with van der Waals surface area (Å²) in [4.78, 5) is 10.9. The van der Waals surface area contributed by atoms with Gasteiger partial charge in [0.25, 0.3) is 0 Å². The van der Waals surface area contributed by atoms with E-state index in [1.165, 1.54) is 11.5 Å². The summed E-state index contributed by atoms with van der Waals surface area (Å²) in [6.07, 6.45) is 1.75. The highest BCUT2D eigenvalue weighted by Gasteiger charge is 2.13. The van der Waals surface area contributed by atoms with Crippen LogP contribution in [0.25, 0.3) is 0 Å². The second kappa shape index (κ2) is 4.78. The highest BCUT2D eigenvalue weighted by atomic mass is 16.5. The van der Waals surface area contributed by atoms with Gasteiger partial charge in [0.05, 0.1) is 6.04 Å². The smallest absolute Gasteiger partial charge is 0.310 e. The molecule has 5 heteroatoms. The number of hydroxylamine groups is 1. The summed E-state index contributed by atoms with van der Waals surface area (Å²) in [6.45, 7) is 2.02. The average molecular weight is 198 g/mol. The Labute approximate surface area is 81.8 Å². The summed E-state index contributed by atoms with van der Waals surface area (Å²) >= 11 is 0. The van der Waals surface area contributed by atoms with Crippen LogP contribution >= 0.6 is 0 Å². The standard InChI is InChI=1S/C9H14N2O3/c1-2-3-6(10)7-4-5-8(14-7)9(12)11-13/h4-6,13H,2-3,10H2,1H3,(H,11,12)/t6-/m0/s1. The molecule has 0 aromatic carbocycles. The van der Waals surface area contributed by atoms with Crippen LogP contribution in [0.5, 0.6) is 0 Å². The predicted molar refractivity (Wildman–Crippen MR) is 49.8 cm³/mol. The third-order valence-electron chi connectivity index (χ3n) is 1.92. The third-order valence-corrected chi connectivity index (χ3v) is 1.92. The van der Waals surface area contributed by atoms with E-state index in [-0.39, 0.29) is 11.8 Å². The molecule has 0 saturated heterocycles. The van der Waals surface area contributed by atoms with Gasteiger partial charge in [0.15, 0.2) is 5.76 Å². The third kappa shape index (κ3) is 2.34. The van der Waals surface area contributed by atoms with E-state index >= 15 is 0 Å². The van der Waals surface area contributed by atoms with Gasteiger partial charge in [-0.3, -0.25) is 10.0 Å². The van der Waals surface area contributed by atoms with E-state index in [0.717, 1.165) is 12.8 Å². The molecule has 0 unspecified atom stereocenters. The molecule has 1 rings (SSSR count). The van der Waals surface area contributed by atoms with Crippen LogP contribution < -0.4 is 11.2 Å². The van der Waals surface area contributed by atoms with Gasteiger partial charge in [-0.05, 0) is 18.6 Å². The van der Waals surface area contributed by atoms with E-state index in [2.05, 4.69) is 0 Å². The summed E-state index contributed by atoms with van der Waals surface area (Å²) in [5, 5.41) is 8.35. The molecule has 1 heterocycles. The van der Waals surface area contributed by atoms with Crippen molar-refractivity contribution in [3.63, 3.8) is 0 Å². The fourth-order valence-corrected chi connectivity index (χ4v) is 1.18. The zero-order valence-corrected chi connectivity index (χ0v) is 7.99. The monoisotopic (exact) mass is 198 g/mol. The molecule has 1 aromatic heterocycles. The molecule has 78 valence electrons. The summed E-state index contributed by atoms with van der Waals surface area (Å²) in [5.41, 5.74) is 7.26. The molecule has 0 saturated carbocycles. The molecule has 0 aliphatic rings. The Morgan fingerprint density at radius 2 is 2.43 bits per heavy atom. The SMILES string of the molecule is CCC[C@H](N)c1ccc(C(=O)NO)o1. The quantitative estimate of drug-likeness (QED) is 0.501. The molecule has 14 heavy (non-hydrogen) atoms. The molecule has 0 bridgehead atoms. The maximum absolute atomic E-state index is 10.9. The van der Waals surface area contributed by atoms with Gasteiger partial charge in [0.1, 0.15) is 5.76 Å². The number of carbonyl (C=O) groups is 1. The predicted octanol–water partition coefficient (Wildman–Crippen LogP) is 1.20. The van der Waals surface area contributed by atoms with Crippen molar-refractivity contribution in [1.29, 1.82) is 0 Å². The molecule has 1 aromatic rings. The van der Waals surface area contributed by atoms with Crippen LogP contribution in [0.15, 0.2) is 16.5 Å². The Kier molecular flexibility index (Phi) is 3.67. The van der Waals surface area contributed by atoms with Gasteiger partial charge in [0, 0.05) is 0 Å². The minimum atomic E-state index is -0.667. The first-order valence-electron chi connectivity index (χ1n) is 4.48. The van der Waals surface area contributed by atoms with E-state index in [0.29, 0.717) is 5.76 Å². The van der Waals surface area contributed by atoms with Crippen molar-refractivity contribution < 1.29 is 14.4 Å². The lowest BCUT2D eigenvalue weighted by Gasteiger charge is -2.05. The van der Waals surface area contributed by atoms with Gasteiger partial charge < -0.3 is 10.2 Å². The maximum atomic E-state index is 10.9. The Morgan fingerprint density at radius 1 is 1.71 bits per heavy atom. The van der Waals surface area contributed by atoms with Crippen molar-refractivity contribution in [3.8, 4) is 0 Å². The van der Waals surface area contributed by atoms with Crippen molar-refractivity contribution >= 4 is 5.91 Å². The molecule has 1 atom stereocenters. The van der Waals surface area contributed by atoms with Gasteiger partial charge in [-0.2, -0.15) is 0 Å². The normalized spacial score (nSPS) is 12.5. The van der Waals surface area contributed by atoms with Crippen LogP contribution in [-0.2, 0) is 0 Å². The summed E-state index contributed by atoms with van der Waals surface area (Å²) in [5.74, 6) is -0.0422. The molecular weight excluding hydrogens is 184 g/mol. The van der Waals surface area contributed by atoms with Crippen LogP contribution in [0.3, 0.4) is 0 Å². The second-order valence-corrected chi connectivity index (χ2v) is 3.04. The lowest BCUT2D eigenvalue weighted by Crippen LogP contribution is -2.17. The van der Waals surface area contributed by atoms with Gasteiger partial charge in [-0.15, -0.1) is 0 Å². The topological polar surface area (TPSA) is 88.5 Å². The zero-order valence-electron chi connectivity index (χ0n) is 7.99. The first kappa shape index (κ1) is 10.7. The Balaban J connectivity index is 2.72. The van der Waals surface area contributed by atoms with Gasteiger partial charge >= 0.3 is 5.91 Å². The van der Waals surface area contributed by atoms with E-state index in [9.17, 15) is 4.79 Å². The molecule has 0 fully saturated rings. The van der Waals surface area contributed by atoms with E-state index in [1.807, 2.05) is 6.92 Å². The van der Waals surface area contributed by atoms with Gasteiger partial charge in [-0.25, -0.2) is 5.48 Å². The van der Waals surface area contributed by atoms with Crippen LogP contribution in [-0.4, -0.2) is 11.1 Å². The molecule has 0 radical (unpaired) electrons. The number of nitrogens with one attached hydrogen (secondary N) is 1. The molecular formula is C9H14N2O3. The summed E-state index contributed by atoms with van der Waals surface area (Å²) in [6, 6.07) is 2.93. The van der Waals surface area contributed by atoms with Crippen molar-refractivity contribution in [3.05, 3.63) is 23.7 Å². The van der Waals surface area contributed by atoms with Crippen LogP contribution in [0.1, 0.15) is 42.1 Å². The molecule has 1 amide bonds. The van der Waals surface area contributed by atoms with Crippen molar-refractivity contribution in [2.24, 2.45) is 5.73 Å². The van der Waals surface area contributed by atoms with Crippen LogP contribution in [0.2, 0.25) is 0 Å². The van der Waals surface area contributed by atoms with Gasteiger partial charge in [0.2, 0.25) is 0 Å². The van der Waals surface area contributed by atoms with E-state index < -0.39 is 5.91 Å². The number of carbonyl (C=O) groups excluding carboxylic acids is 1. The first-order chi connectivity index (χ1) is 6.69. The molecule has 5 nitrogen and oxygen atoms in total. The lowest BCUT2D eigenvalue weighted by atomic mass is 10.1. The van der Waals surface area contributed by atoms with Gasteiger partial charge in [-0.1, -0.05) is 13.3 Å².